The Hall–Kier alpha value is -0.510. The van der Waals surface area contributed by atoms with E-state index in [1.165, 1.54) is 29.7 Å². The van der Waals surface area contributed by atoms with Crippen LogP contribution in [0.2, 0.25) is 0 Å². The van der Waals surface area contributed by atoms with Gasteiger partial charge in [0.2, 0.25) is 0 Å². The summed E-state index contributed by atoms with van der Waals surface area (Å²) in [4.78, 5) is 1.44. The molecule has 2 saturated heterocycles. The van der Waals surface area contributed by atoms with Gasteiger partial charge in [0.1, 0.15) is 0 Å². The average molecular weight is 249 g/mol. The summed E-state index contributed by atoms with van der Waals surface area (Å²) in [6.07, 6.45) is 3.95. The lowest BCUT2D eigenvalue weighted by Crippen LogP contribution is -2.31. The molecule has 0 radical (unpaired) electrons. The van der Waals surface area contributed by atoms with Crippen LogP contribution in [0.5, 0.6) is 0 Å². The van der Waals surface area contributed by atoms with Gasteiger partial charge in [0, 0.05) is 10.9 Å². The van der Waals surface area contributed by atoms with Gasteiger partial charge in [0.25, 0.3) is 0 Å². The van der Waals surface area contributed by atoms with Crippen molar-refractivity contribution >= 4 is 11.8 Å². The summed E-state index contributed by atoms with van der Waals surface area (Å²) in [5.41, 5.74) is 1.49. The van der Waals surface area contributed by atoms with Crippen molar-refractivity contribution in [2.75, 3.05) is 19.8 Å². The maximum absolute atomic E-state index is 5.26. The zero-order valence-corrected chi connectivity index (χ0v) is 10.8. The number of benzene rings is 1. The molecular weight excluding hydrogens is 230 g/mol. The number of ether oxygens (including phenoxy) is 1. The van der Waals surface area contributed by atoms with E-state index < -0.39 is 0 Å². The Labute approximate surface area is 107 Å². The van der Waals surface area contributed by atoms with Crippen LogP contribution >= 0.6 is 11.8 Å². The van der Waals surface area contributed by atoms with Crippen LogP contribution in [0.25, 0.3) is 0 Å². The van der Waals surface area contributed by atoms with Gasteiger partial charge in [-0.2, -0.15) is 0 Å². The third-order valence-corrected chi connectivity index (χ3v) is 4.74. The standard InChI is InChI=1S/C14H19NOS/c1-2-7-14(17-11-9-16-10-11)12(5-1)13-6-3-4-8-15-13/h1-2,5,7,11,13,15H,3-4,6,8-10H2. The highest BCUT2D eigenvalue weighted by molar-refractivity contribution is 8.00. The molecule has 0 spiro atoms. The van der Waals surface area contributed by atoms with E-state index in [-0.39, 0.29) is 0 Å². The fourth-order valence-electron chi connectivity index (χ4n) is 2.45. The van der Waals surface area contributed by atoms with E-state index >= 15 is 0 Å². The van der Waals surface area contributed by atoms with Crippen LogP contribution in [-0.4, -0.2) is 25.0 Å². The van der Waals surface area contributed by atoms with Crippen LogP contribution in [0.15, 0.2) is 29.2 Å². The average Bonchev–Trinajstić information content (AvgIpc) is 2.35. The third-order valence-electron chi connectivity index (χ3n) is 3.51. The fraction of sp³-hybridized carbons (Fsp3) is 0.571. The monoisotopic (exact) mass is 249 g/mol. The first-order valence-electron chi connectivity index (χ1n) is 6.50. The molecule has 2 heterocycles. The van der Waals surface area contributed by atoms with Gasteiger partial charge in [-0.3, -0.25) is 0 Å². The molecule has 0 saturated carbocycles. The van der Waals surface area contributed by atoms with Crippen molar-refractivity contribution in [2.45, 2.75) is 35.4 Å². The van der Waals surface area contributed by atoms with Crippen LogP contribution < -0.4 is 5.32 Å². The lowest BCUT2D eigenvalue weighted by Gasteiger charge is -2.29. The number of thioether (sulfide) groups is 1. The van der Waals surface area contributed by atoms with Gasteiger partial charge in [0.15, 0.2) is 0 Å². The Morgan fingerprint density at radius 3 is 2.76 bits per heavy atom. The maximum Gasteiger partial charge on any atom is 0.0611 e. The lowest BCUT2D eigenvalue weighted by atomic mass is 9.98. The second-order valence-electron chi connectivity index (χ2n) is 4.82. The Morgan fingerprint density at radius 1 is 1.18 bits per heavy atom. The smallest absolute Gasteiger partial charge is 0.0611 e. The quantitative estimate of drug-likeness (QED) is 0.890. The molecule has 92 valence electrons. The predicted molar refractivity (Wildman–Crippen MR) is 71.5 cm³/mol. The molecule has 1 unspecified atom stereocenters. The van der Waals surface area contributed by atoms with E-state index in [0.29, 0.717) is 11.3 Å². The van der Waals surface area contributed by atoms with Crippen LogP contribution in [0.4, 0.5) is 0 Å². The first-order valence-corrected chi connectivity index (χ1v) is 7.38. The number of nitrogens with one attached hydrogen (secondary N) is 1. The van der Waals surface area contributed by atoms with Crippen molar-refractivity contribution in [2.24, 2.45) is 0 Å². The molecule has 1 atom stereocenters. The molecule has 2 fully saturated rings. The van der Waals surface area contributed by atoms with Crippen LogP contribution in [-0.2, 0) is 4.74 Å². The highest BCUT2D eigenvalue weighted by Gasteiger charge is 2.23. The second kappa shape index (κ2) is 5.42. The molecule has 1 aromatic carbocycles. The van der Waals surface area contributed by atoms with Gasteiger partial charge in [-0.1, -0.05) is 24.6 Å². The van der Waals surface area contributed by atoms with Gasteiger partial charge >= 0.3 is 0 Å². The van der Waals surface area contributed by atoms with E-state index in [4.69, 9.17) is 4.74 Å². The summed E-state index contributed by atoms with van der Waals surface area (Å²) in [6.45, 7) is 2.99. The maximum atomic E-state index is 5.26. The molecule has 2 aliphatic heterocycles. The molecule has 2 nitrogen and oxygen atoms in total. The summed E-state index contributed by atoms with van der Waals surface area (Å²) >= 11 is 1.99. The van der Waals surface area contributed by atoms with Crippen molar-refractivity contribution < 1.29 is 4.74 Å². The lowest BCUT2D eigenvalue weighted by molar-refractivity contribution is 0.0455. The van der Waals surface area contributed by atoms with E-state index in [1.54, 1.807) is 0 Å². The first kappa shape index (κ1) is 11.6. The molecule has 0 bridgehead atoms. The molecule has 0 aliphatic carbocycles. The van der Waals surface area contributed by atoms with E-state index in [2.05, 4.69) is 29.6 Å². The molecule has 17 heavy (non-hydrogen) atoms. The first-order chi connectivity index (χ1) is 8.43. The number of hydrogen-bond donors (Lipinski definition) is 1. The summed E-state index contributed by atoms with van der Waals surface area (Å²) in [6, 6.07) is 9.41. The summed E-state index contributed by atoms with van der Waals surface area (Å²) in [5, 5.41) is 4.31. The zero-order chi connectivity index (χ0) is 11.5. The summed E-state index contributed by atoms with van der Waals surface area (Å²) in [5.74, 6) is 0. The Kier molecular flexibility index (Phi) is 3.69. The molecule has 0 amide bonds. The van der Waals surface area contributed by atoms with Gasteiger partial charge in [-0.25, -0.2) is 0 Å². The number of rotatable bonds is 3. The molecule has 1 aromatic rings. The third kappa shape index (κ3) is 2.67. The molecule has 3 rings (SSSR count). The van der Waals surface area contributed by atoms with E-state index in [9.17, 15) is 0 Å². The Bertz CT molecular complexity index is 372. The van der Waals surface area contributed by atoms with Crippen molar-refractivity contribution in [3.63, 3.8) is 0 Å². The predicted octanol–water partition coefficient (Wildman–Crippen LogP) is 2.99. The summed E-state index contributed by atoms with van der Waals surface area (Å²) < 4.78 is 5.26. The normalized spacial score (nSPS) is 25.5. The zero-order valence-electron chi connectivity index (χ0n) is 10.0. The SMILES string of the molecule is c1ccc(C2CCCCN2)c(SC2COC2)c1. The highest BCUT2D eigenvalue weighted by Crippen LogP contribution is 2.35. The van der Waals surface area contributed by atoms with Crippen molar-refractivity contribution in [3.05, 3.63) is 29.8 Å². The van der Waals surface area contributed by atoms with Gasteiger partial charge in [-0.15, -0.1) is 11.8 Å². The Morgan fingerprint density at radius 2 is 2.06 bits per heavy atom. The number of piperidine rings is 1. The van der Waals surface area contributed by atoms with Crippen molar-refractivity contribution in [1.82, 2.24) is 5.32 Å². The molecule has 2 aliphatic rings. The molecular formula is C14H19NOS. The van der Waals surface area contributed by atoms with Crippen LogP contribution in [0.1, 0.15) is 30.9 Å². The minimum atomic E-state index is 0.563. The van der Waals surface area contributed by atoms with Crippen molar-refractivity contribution in [1.29, 1.82) is 0 Å². The minimum Gasteiger partial charge on any atom is -0.379 e. The largest absolute Gasteiger partial charge is 0.379 e. The Balaban J connectivity index is 1.76. The molecule has 0 aromatic heterocycles. The molecule has 3 heteroatoms. The number of hydrogen-bond acceptors (Lipinski definition) is 3. The second-order valence-corrected chi connectivity index (χ2v) is 6.16. The van der Waals surface area contributed by atoms with Crippen molar-refractivity contribution in [3.8, 4) is 0 Å². The van der Waals surface area contributed by atoms with Gasteiger partial charge in [-0.05, 0) is 31.0 Å². The fourth-order valence-corrected chi connectivity index (χ4v) is 3.65. The minimum absolute atomic E-state index is 0.563. The van der Waals surface area contributed by atoms with Gasteiger partial charge < -0.3 is 10.1 Å². The van der Waals surface area contributed by atoms with E-state index in [0.717, 1.165) is 19.8 Å². The topological polar surface area (TPSA) is 21.3 Å². The van der Waals surface area contributed by atoms with Crippen LogP contribution in [0, 0.1) is 0 Å². The summed E-state index contributed by atoms with van der Waals surface area (Å²) in [7, 11) is 0. The van der Waals surface area contributed by atoms with Gasteiger partial charge in [0.05, 0.1) is 18.5 Å². The van der Waals surface area contributed by atoms with E-state index in [1.807, 2.05) is 11.8 Å². The highest BCUT2D eigenvalue weighted by atomic mass is 32.2. The van der Waals surface area contributed by atoms with Crippen LogP contribution in [0.3, 0.4) is 0 Å². The molecule has 1 N–H and O–H groups in total.